The number of fused-ring (bicyclic) bond motifs is 1. The number of pyridine rings is 1. The van der Waals surface area contributed by atoms with Gasteiger partial charge in [-0.15, -0.1) is 0 Å². The number of rotatable bonds is 12. The predicted octanol–water partition coefficient (Wildman–Crippen LogP) is 3.99. The number of carboxylic acid groups (broad SMARTS) is 1. The summed E-state index contributed by atoms with van der Waals surface area (Å²) in [6.45, 7) is 4.60. The summed E-state index contributed by atoms with van der Waals surface area (Å²) in [7, 11) is 1.61. The summed E-state index contributed by atoms with van der Waals surface area (Å²) in [6.07, 6.45) is 5.41. The van der Waals surface area contributed by atoms with E-state index in [4.69, 9.17) is 14.0 Å². The fraction of sp³-hybridized carbons (Fsp3) is 0.586. The summed E-state index contributed by atoms with van der Waals surface area (Å²) in [5.41, 5.74) is 1.59. The standard InChI is InChI=1S/C29H38N4O6/c1-3-38-13-10-27-31-28(39-32-27)19-14-20(15-19)33-12-9-18(24(17-33)29(35)36)4-7-26(34)22-8-11-30-25-6-5-21(37-2)16-23(22)25/h5-6,8,11,16,18-20,24,26,34H,3-4,7,9-10,12-15,17H2,1-2H3,(H,35,36)/t18-,19?,20?,24+,26?/m1/s1. The van der Waals surface area contributed by atoms with Crippen LogP contribution in [0, 0.1) is 11.8 Å². The number of hydrogen-bond acceptors (Lipinski definition) is 9. The number of ether oxygens (including phenoxy) is 2. The highest BCUT2D eigenvalue weighted by Gasteiger charge is 2.42. The van der Waals surface area contributed by atoms with E-state index in [1.54, 1.807) is 13.3 Å². The molecule has 1 saturated carbocycles. The molecule has 1 unspecified atom stereocenters. The van der Waals surface area contributed by atoms with Gasteiger partial charge in [-0.2, -0.15) is 4.98 Å². The third-order valence-corrected chi connectivity index (χ3v) is 8.39. The molecule has 0 amide bonds. The van der Waals surface area contributed by atoms with E-state index in [0.717, 1.165) is 42.3 Å². The zero-order valence-electron chi connectivity index (χ0n) is 22.7. The average molecular weight is 539 g/mol. The lowest BCUT2D eigenvalue weighted by atomic mass is 9.75. The molecule has 2 aliphatic rings. The summed E-state index contributed by atoms with van der Waals surface area (Å²) >= 11 is 0. The van der Waals surface area contributed by atoms with Crippen LogP contribution in [0.4, 0.5) is 0 Å². The Morgan fingerprint density at radius 1 is 1.28 bits per heavy atom. The number of aliphatic hydroxyl groups is 1. The second-order valence-electron chi connectivity index (χ2n) is 10.7. The van der Waals surface area contributed by atoms with Gasteiger partial charge in [-0.3, -0.25) is 14.7 Å². The summed E-state index contributed by atoms with van der Waals surface area (Å²) in [5, 5.41) is 26.0. The number of carbonyl (C=O) groups is 1. The van der Waals surface area contributed by atoms with Crippen molar-refractivity contribution in [3.63, 3.8) is 0 Å². The SMILES string of the molecule is CCOCCc1noc(C2CC(N3CC[C@@H](CCC(O)c4ccnc5ccc(OC)cc45)[C@@H](C(=O)O)C3)C2)n1. The van der Waals surface area contributed by atoms with Gasteiger partial charge in [0, 0.05) is 43.1 Å². The van der Waals surface area contributed by atoms with Gasteiger partial charge in [0.1, 0.15) is 5.75 Å². The van der Waals surface area contributed by atoms with Crippen molar-refractivity contribution in [1.29, 1.82) is 0 Å². The fourth-order valence-electron chi connectivity index (χ4n) is 6.00. The molecule has 2 N–H and O–H groups in total. The number of aliphatic hydroxyl groups excluding tert-OH is 1. The lowest BCUT2D eigenvalue weighted by Crippen LogP contribution is -2.52. The van der Waals surface area contributed by atoms with Crippen molar-refractivity contribution in [3.05, 3.63) is 47.7 Å². The zero-order valence-corrected chi connectivity index (χ0v) is 22.7. The van der Waals surface area contributed by atoms with Crippen LogP contribution in [0.25, 0.3) is 10.9 Å². The Morgan fingerprint density at radius 3 is 2.90 bits per heavy atom. The van der Waals surface area contributed by atoms with Crippen LogP contribution in [0.1, 0.15) is 68.3 Å². The first-order valence-electron chi connectivity index (χ1n) is 13.9. The number of carboxylic acids is 1. The highest BCUT2D eigenvalue weighted by atomic mass is 16.5. The molecule has 3 heterocycles. The average Bonchev–Trinajstić information content (AvgIpc) is 3.38. The number of piperidine rings is 1. The van der Waals surface area contributed by atoms with Gasteiger partial charge in [-0.1, -0.05) is 5.16 Å². The molecule has 2 fully saturated rings. The van der Waals surface area contributed by atoms with Gasteiger partial charge in [0.25, 0.3) is 0 Å². The van der Waals surface area contributed by atoms with E-state index in [2.05, 4.69) is 20.0 Å². The molecule has 1 aliphatic carbocycles. The maximum atomic E-state index is 12.2. The highest BCUT2D eigenvalue weighted by Crippen LogP contribution is 2.42. The van der Waals surface area contributed by atoms with Crippen molar-refractivity contribution >= 4 is 16.9 Å². The van der Waals surface area contributed by atoms with E-state index in [0.29, 0.717) is 62.5 Å². The van der Waals surface area contributed by atoms with Crippen molar-refractivity contribution in [2.75, 3.05) is 33.4 Å². The number of benzene rings is 1. The van der Waals surface area contributed by atoms with Crippen LogP contribution in [0.2, 0.25) is 0 Å². The van der Waals surface area contributed by atoms with Crippen LogP contribution >= 0.6 is 0 Å². The topological polar surface area (TPSA) is 131 Å². The van der Waals surface area contributed by atoms with Gasteiger partial charge < -0.3 is 24.2 Å². The highest BCUT2D eigenvalue weighted by molar-refractivity contribution is 5.83. The van der Waals surface area contributed by atoms with Gasteiger partial charge in [0.05, 0.1) is 31.3 Å². The van der Waals surface area contributed by atoms with Crippen molar-refractivity contribution in [1.82, 2.24) is 20.0 Å². The van der Waals surface area contributed by atoms with Crippen molar-refractivity contribution < 1.29 is 29.0 Å². The molecule has 1 saturated heterocycles. The molecular formula is C29H38N4O6. The molecule has 10 nitrogen and oxygen atoms in total. The Labute approximate surface area is 228 Å². The molecule has 0 bridgehead atoms. The Kier molecular flexibility index (Phi) is 8.74. The molecule has 1 aromatic carbocycles. The molecule has 3 atom stereocenters. The van der Waals surface area contributed by atoms with Crippen LogP contribution in [0.15, 0.2) is 35.0 Å². The van der Waals surface area contributed by atoms with E-state index >= 15 is 0 Å². The molecule has 1 aliphatic heterocycles. The molecule has 39 heavy (non-hydrogen) atoms. The monoisotopic (exact) mass is 538 g/mol. The van der Waals surface area contributed by atoms with Gasteiger partial charge >= 0.3 is 5.97 Å². The van der Waals surface area contributed by atoms with Gasteiger partial charge in [-0.25, -0.2) is 0 Å². The van der Waals surface area contributed by atoms with Crippen LogP contribution in [-0.4, -0.2) is 75.7 Å². The van der Waals surface area contributed by atoms with E-state index in [1.807, 2.05) is 31.2 Å². The third kappa shape index (κ3) is 6.23. The third-order valence-electron chi connectivity index (χ3n) is 8.39. The molecule has 2 aromatic heterocycles. The van der Waals surface area contributed by atoms with Gasteiger partial charge in [0.2, 0.25) is 5.89 Å². The van der Waals surface area contributed by atoms with Crippen LogP contribution < -0.4 is 4.74 Å². The first-order valence-corrected chi connectivity index (χ1v) is 13.9. The molecule has 10 heteroatoms. The molecule has 5 rings (SSSR count). The number of aromatic nitrogens is 3. The zero-order chi connectivity index (χ0) is 27.4. The number of aliphatic carboxylic acids is 1. The van der Waals surface area contributed by atoms with Crippen LogP contribution in [-0.2, 0) is 16.0 Å². The minimum Gasteiger partial charge on any atom is -0.497 e. The van der Waals surface area contributed by atoms with E-state index in [9.17, 15) is 15.0 Å². The Morgan fingerprint density at radius 2 is 2.13 bits per heavy atom. The number of methoxy groups -OCH3 is 1. The Balaban J connectivity index is 1.14. The second kappa shape index (κ2) is 12.4. The summed E-state index contributed by atoms with van der Waals surface area (Å²) < 4.78 is 16.2. The van der Waals surface area contributed by atoms with Gasteiger partial charge in [0.15, 0.2) is 5.82 Å². The predicted molar refractivity (Wildman–Crippen MR) is 144 cm³/mol. The number of nitrogens with zero attached hydrogens (tertiary/aromatic N) is 4. The summed E-state index contributed by atoms with van der Waals surface area (Å²) in [4.78, 5) is 23.5. The summed E-state index contributed by atoms with van der Waals surface area (Å²) in [5.74, 6) is 1.11. The molecular weight excluding hydrogens is 500 g/mol. The quantitative estimate of drug-likeness (QED) is 0.326. The second-order valence-corrected chi connectivity index (χ2v) is 10.7. The Bertz CT molecular complexity index is 1260. The minimum absolute atomic E-state index is 0.0238. The minimum atomic E-state index is -0.759. The largest absolute Gasteiger partial charge is 0.497 e. The molecule has 0 radical (unpaired) electrons. The number of likely N-dealkylation sites (tertiary alicyclic amines) is 1. The molecule has 210 valence electrons. The first-order chi connectivity index (χ1) is 19.0. The van der Waals surface area contributed by atoms with Crippen LogP contribution in [0.3, 0.4) is 0 Å². The normalized spacial score (nSPS) is 24.4. The van der Waals surface area contributed by atoms with E-state index in [1.165, 1.54) is 0 Å². The lowest BCUT2D eigenvalue weighted by Gasteiger charge is -2.46. The van der Waals surface area contributed by atoms with Crippen LogP contribution in [0.5, 0.6) is 5.75 Å². The number of hydrogen-bond donors (Lipinski definition) is 2. The van der Waals surface area contributed by atoms with Crippen molar-refractivity contribution in [3.8, 4) is 5.75 Å². The summed E-state index contributed by atoms with van der Waals surface area (Å²) in [6, 6.07) is 7.79. The molecule has 3 aromatic rings. The lowest BCUT2D eigenvalue weighted by molar-refractivity contribution is -0.147. The van der Waals surface area contributed by atoms with Gasteiger partial charge in [-0.05, 0) is 81.3 Å². The first kappa shape index (κ1) is 27.5. The van der Waals surface area contributed by atoms with E-state index in [-0.39, 0.29) is 11.8 Å². The maximum absolute atomic E-state index is 12.2. The van der Waals surface area contributed by atoms with Crippen molar-refractivity contribution in [2.24, 2.45) is 11.8 Å². The molecule has 0 spiro atoms. The maximum Gasteiger partial charge on any atom is 0.308 e. The fourth-order valence-corrected chi connectivity index (χ4v) is 6.00. The Hall–Kier alpha value is -3.08. The smallest absolute Gasteiger partial charge is 0.308 e. The van der Waals surface area contributed by atoms with E-state index < -0.39 is 18.0 Å². The van der Waals surface area contributed by atoms with Crippen molar-refractivity contribution in [2.45, 2.75) is 63.5 Å².